The van der Waals surface area contributed by atoms with Gasteiger partial charge in [0.25, 0.3) is 5.91 Å². The van der Waals surface area contributed by atoms with Gasteiger partial charge in [-0.2, -0.15) is 0 Å². The van der Waals surface area contributed by atoms with Gasteiger partial charge in [0.2, 0.25) is 0 Å². The number of benzene rings is 1. The molecule has 0 fully saturated rings. The second-order valence-electron chi connectivity index (χ2n) is 4.68. The molecule has 0 spiro atoms. The first-order chi connectivity index (χ1) is 10.5. The minimum atomic E-state index is -0.452. The summed E-state index contributed by atoms with van der Waals surface area (Å²) in [5.41, 5.74) is 1.33. The Balaban J connectivity index is 2.08. The van der Waals surface area contributed by atoms with Crippen LogP contribution in [0, 0.1) is 5.82 Å². The van der Waals surface area contributed by atoms with Crippen molar-refractivity contribution >= 4 is 17.6 Å². The van der Waals surface area contributed by atoms with Gasteiger partial charge in [-0.05, 0) is 42.8 Å². The highest BCUT2D eigenvalue weighted by Gasteiger charge is 2.16. The molecule has 0 aliphatic rings. The summed E-state index contributed by atoms with van der Waals surface area (Å²) < 4.78 is 17.5. The molecule has 0 saturated heterocycles. The van der Waals surface area contributed by atoms with Crippen LogP contribution < -0.4 is 5.32 Å². The summed E-state index contributed by atoms with van der Waals surface area (Å²) >= 11 is 0. The lowest BCUT2D eigenvalue weighted by atomic mass is 10.0. The Hall–Kier alpha value is -2.76. The van der Waals surface area contributed by atoms with E-state index >= 15 is 0 Å². The van der Waals surface area contributed by atoms with Gasteiger partial charge in [0.1, 0.15) is 11.5 Å². The van der Waals surface area contributed by atoms with Crippen molar-refractivity contribution < 1.29 is 18.7 Å². The Morgan fingerprint density at radius 1 is 1.18 bits per heavy atom. The number of aromatic nitrogens is 1. The van der Waals surface area contributed by atoms with Gasteiger partial charge in [-0.1, -0.05) is 6.07 Å². The van der Waals surface area contributed by atoms with Crippen molar-refractivity contribution in [2.45, 2.75) is 12.8 Å². The Morgan fingerprint density at radius 2 is 1.86 bits per heavy atom. The van der Waals surface area contributed by atoms with Gasteiger partial charge in [-0.3, -0.25) is 14.6 Å². The van der Waals surface area contributed by atoms with Crippen molar-refractivity contribution in [2.24, 2.45) is 0 Å². The van der Waals surface area contributed by atoms with Crippen molar-refractivity contribution in [3.8, 4) is 0 Å². The van der Waals surface area contributed by atoms with E-state index in [9.17, 15) is 14.0 Å². The van der Waals surface area contributed by atoms with E-state index < -0.39 is 11.8 Å². The molecular weight excluding hydrogens is 287 g/mol. The monoisotopic (exact) mass is 302 g/mol. The second-order valence-corrected chi connectivity index (χ2v) is 4.68. The molecule has 2 rings (SSSR count). The molecule has 0 aliphatic carbocycles. The zero-order valence-corrected chi connectivity index (χ0v) is 12.2. The number of nitrogens with one attached hydrogen (secondary N) is 1. The third-order valence-corrected chi connectivity index (χ3v) is 3.18. The van der Waals surface area contributed by atoms with Crippen LogP contribution in [0.4, 0.5) is 10.1 Å². The van der Waals surface area contributed by atoms with Gasteiger partial charge in [0.15, 0.2) is 0 Å². The number of nitrogens with zero attached hydrogens (tertiary/aromatic N) is 1. The number of rotatable bonds is 4. The average molecular weight is 302 g/mol. The summed E-state index contributed by atoms with van der Waals surface area (Å²) in [6.07, 6.45) is 1.46. The van der Waals surface area contributed by atoms with Crippen molar-refractivity contribution in [1.82, 2.24) is 4.98 Å². The summed E-state index contributed by atoms with van der Waals surface area (Å²) in [5.74, 6) is -1.61. The van der Waals surface area contributed by atoms with E-state index in [2.05, 4.69) is 15.0 Å². The molecular formula is C16H15FN2O3. The molecule has 22 heavy (non-hydrogen) atoms. The number of pyridine rings is 1. The molecule has 1 aromatic carbocycles. The molecule has 1 heterocycles. The zero-order valence-electron chi connectivity index (χ0n) is 12.2. The Morgan fingerprint density at radius 3 is 2.41 bits per heavy atom. The minimum absolute atomic E-state index is 0.199. The van der Waals surface area contributed by atoms with Crippen molar-refractivity contribution in [3.63, 3.8) is 0 Å². The Bertz CT molecular complexity index is 669. The predicted molar refractivity (Wildman–Crippen MR) is 79.0 cm³/mol. The fourth-order valence-corrected chi connectivity index (χ4v) is 1.84. The highest BCUT2D eigenvalue weighted by Crippen LogP contribution is 2.16. The molecule has 0 aliphatic heterocycles. The summed E-state index contributed by atoms with van der Waals surface area (Å²) in [4.78, 5) is 27.5. The maximum Gasteiger partial charge on any atom is 0.312 e. The standard InChI is InChI=1S/C16H15FN2O3/c1-10(16(21)22-2)11-3-8-14(18-9-11)15(20)19-13-6-4-12(17)5-7-13/h3-10H,1-2H3,(H,19,20)/t10-/m1/s1. The fourth-order valence-electron chi connectivity index (χ4n) is 1.84. The molecule has 1 amide bonds. The first-order valence-corrected chi connectivity index (χ1v) is 6.62. The molecule has 0 radical (unpaired) electrons. The largest absolute Gasteiger partial charge is 0.469 e. The number of methoxy groups -OCH3 is 1. The number of esters is 1. The summed E-state index contributed by atoms with van der Waals surface area (Å²) in [5, 5.41) is 2.61. The normalized spacial score (nSPS) is 11.6. The van der Waals surface area contributed by atoms with E-state index in [0.717, 1.165) is 0 Å². The number of anilines is 1. The molecule has 114 valence electrons. The number of amides is 1. The maximum atomic E-state index is 12.8. The number of hydrogen-bond acceptors (Lipinski definition) is 4. The lowest BCUT2D eigenvalue weighted by Crippen LogP contribution is -2.15. The van der Waals surface area contributed by atoms with E-state index in [4.69, 9.17) is 0 Å². The van der Waals surface area contributed by atoms with Crippen LogP contribution in [-0.2, 0) is 9.53 Å². The van der Waals surface area contributed by atoms with Crippen LogP contribution in [0.15, 0.2) is 42.6 Å². The molecule has 0 bridgehead atoms. The zero-order chi connectivity index (χ0) is 16.1. The molecule has 0 unspecified atom stereocenters. The Labute approximate surface area is 127 Å². The Kier molecular flexibility index (Phi) is 4.83. The third-order valence-electron chi connectivity index (χ3n) is 3.18. The highest BCUT2D eigenvalue weighted by atomic mass is 19.1. The van der Waals surface area contributed by atoms with Gasteiger partial charge in [0, 0.05) is 11.9 Å². The number of carbonyl (C=O) groups is 2. The fraction of sp³-hybridized carbons (Fsp3) is 0.188. The first-order valence-electron chi connectivity index (χ1n) is 6.62. The van der Waals surface area contributed by atoms with Gasteiger partial charge >= 0.3 is 5.97 Å². The molecule has 6 heteroatoms. The number of carbonyl (C=O) groups excluding carboxylic acids is 2. The summed E-state index contributed by atoms with van der Waals surface area (Å²) in [7, 11) is 1.32. The lowest BCUT2D eigenvalue weighted by Gasteiger charge is -2.09. The number of ether oxygens (including phenoxy) is 1. The van der Waals surface area contributed by atoms with E-state index in [0.29, 0.717) is 11.3 Å². The molecule has 1 aromatic heterocycles. The second kappa shape index (κ2) is 6.80. The maximum absolute atomic E-state index is 12.8. The quantitative estimate of drug-likeness (QED) is 0.882. The highest BCUT2D eigenvalue weighted by molar-refractivity contribution is 6.02. The minimum Gasteiger partial charge on any atom is -0.469 e. The van der Waals surface area contributed by atoms with Crippen LogP contribution in [-0.4, -0.2) is 24.0 Å². The molecule has 5 nitrogen and oxygen atoms in total. The van der Waals surface area contributed by atoms with Gasteiger partial charge in [0.05, 0.1) is 13.0 Å². The van der Waals surface area contributed by atoms with Crippen LogP contribution >= 0.6 is 0 Å². The van der Waals surface area contributed by atoms with Gasteiger partial charge in [-0.25, -0.2) is 4.39 Å². The molecule has 2 aromatic rings. The molecule has 0 saturated carbocycles. The smallest absolute Gasteiger partial charge is 0.312 e. The molecule has 1 N–H and O–H groups in total. The number of halogens is 1. The van der Waals surface area contributed by atoms with E-state index in [1.54, 1.807) is 13.0 Å². The number of hydrogen-bond donors (Lipinski definition) is 1. The summed E-state index contributed by atoms with van der Waals surface area (Å²) in [6, 6.07) is 8.60. The van der Waals surface area contributed by atoms with Crippen LogP contribution in [0.1, 0.15) is 28.9 Å². The third kappa shape index (κ3) is 3.66. The van der Waals surface area contributed by atoms with Crippen LogP contribution in [0.2, 0.25) is 0 Å². The summed E-state index contributed by atoms with van der Waals surface area (Å²) in [6.45, 7) is 1.70. The van der Waals surface area contributed by atoms with Crippen LogP contribution in [0.25, 0.3) is 0 Å². The van der Waals surface area contributed by atoms with Crippen LogP contribution in [0.5, 0.6) is 0 Å². The van der Waals surface area contributed by atoms with Gasteiger partial charge in [-0.15, -0.1) is 0 Å². The van der Waals surface area contributed by atoms with E-state index in [1.165, 1.54) is 43.6 Å². The van der Waals surface area contributed by atoms with Crippen LogP contribution in [0.3, 0.4) is 0 Å². The molecule has 1 atom stereocenters. The first kappa shape index (κ1) is 15.6. The van der Waals surface area contributed by atoms with Crippen molar-refractivity contribution in [3.05, 3.63) is 59.7 Å². The predicted octanol–water partition coefficient (Wildman–Crippen LogP) is 2.75. The average Bonchev–Trinajstić information content (AvgIpc) is 2.55. The van der Waals surface area contributed by atoms with Crippen molar-refractivity contribution in [1.29, 1.82) is 0 Å². The van der Waals surface area contributed by atoms with Gasteiger partial charge < -0.3 is 10.1 Å². The topological polar surface area (TPSA) is 68.3 Å². The SMILES string of the molecule is COC(=O)[C@H](C)c1ccc(C(=O)Nc2ccc(F)cc2)nc1. The van der Waals surface area contributed by atoms with Crippen molar-refractivity contribution in [2.75, 3.05) is 12.4 Å². The van der Waals surface area contributed by atoms with E-state index in [-0.39, 0.29) is 17.5 Å². The van der Waals surface area contributed by atoms with E-state index in [1.807, 2.05) is 0 Å². The lowest BCUT2D eigenvalue weighted by molar-refractivity contribution is -0.142.